The SMILES string of the molecule is O=C(COc1ccc2cc(Br)ccc2c1Br)NC(=S)Nc1ccccc1O. The normalized spacial score (nSPS) is 10.4. The van der Waals surface area contributed by atoms with Crippen molar-refractivity contribution in [2.45, 2.75) is 0 Å². The highest BCUT2D eigenvalue weighted by Gasteiger charge is 2.11. The summed E-state index contributed by atoms with van der Waals surface area (Å²) in [6.45, 7) is -0.205. The Morgan fingerprint density at radius 1 is 1.11 bits per heavy atom. The van der Waals surface area contributed by atoms with Crippen molar-refractivity contribution in [3.05, 3.63) is 63.5 Å². The fourth-order valence-electron chi connectivity index (χ4n) is 2.39. The minimum atomic E-state index is -0.411. The number of anilines is 1. The average Bonchev–Trinajstić information content (AvgIpc) is 2.63. The lowest BCUT2D eigenvalue weighted by Crippen LogP contribution is -2.37. The lowest BCUT2D eigenvalue weighted by molar-refractivity contribution is -0.121. The van der Waals surface area contributed by atoms with Crippen LogP contribution in [0, 0.1) is 0 Å². The third-order valence-corrected chi connectivity index (χ3v) is 5.16. The summed E-state index contributed by atoms with van der Waals surface area (Å²) < 4.78 is 7.36. The summed E-state index contributed by atoms with van der Waals surface area (Å²) in [7, 11) is 0. The number of hydrogen-bond acceptors (Lipinski definition) is 4. The predicted octanol–water partition coefficient (Wildman–Crippen LogP) is 4.96. The van der Waals surface area contributed by atoms with Gasteiger partial charge in [0.2, 0.25) is 0 Å². The number of carbonyl (C=O) groups is 1. The molecule has 3 N–H and O–H groups in total. The van der Waals surface area contributed by atoms with E-state index in [0.29, 0.717) is 11.4 Å². The summed E-state index contributed by atoms with van der Waals surface area (Å²) in [6, 6.07) is 16.2. The van der Waals surface area contributed by atoms with Gasteiger partial charge in [-0.2, -0.15) is 0 Å². The van der Waals surface area contributed by atoms with Crippen molar-refractivity contribution >= 4 is 71.6 Å². The molecule has 0 atom stereocenters. The lowest BCUT2D eigenvalue weighted by Gasteiger charge is -2.12. The van der Waals surface area contributed by atoms with Crippen LogP contribution in [-0.4, -0.2) is 22.7 Å². The number of para-hydroxylation sites is 2. The molecule has 3 aromatic rings. The second-order valence-electron chi connectivity index (χ2n) is 5.55. The van der Waals surface area contributed by atoms with Crippen molar-refractivity contribution in [3.63, 3.8) is 0 Å². The predicted molar refractivity (Wildman–Crippen MR) is 117 cm³/mol. The number of phenols is 1. The summed E-state index contributed by atoms with van der Waals surface area (Å²) in [5, 5.41) is 17.1. The number of phenolic OH excluding ortho intramolecular Hbond substituents is 1. The maximum absolute atomic E-state index is 12.1. The number of rotatable bonds is 4. The average molecular weight is 510 g/mol. The highest BCUT2D eigenvalue weighted by molar-refractivity contribution is 9.11. The zero-order valence-electron chi connectivity index (χ0n) is 13.8. The topological polar surface area (TPSA) is 70.6 Å². The van der Waals surface area contributed by atoms with Gasteiger partial charge in [-0.1, -0.05) is 40.2 Å². The van der Waals surface area contributed by atoms with Gasteiger partial charge in [-0.15, -0.1) is 0 Å². The Labute approximate surface area is 178 Å². The van der Waals surface area contributed by atoms with Crippen molar-refractivity contribution in [2.24, 2.45) is 0 Å². The maximum Gasteiger partial charge on any atom is 0.264 e. The first-order valence-electron chi connectivity index (χ1n) is 7.83. The zero-order valence-corrected chi connectivity index (χ0v) is 17.8. The Balaban J connectivity index is 1.60. The van der Waals surface area contributed by atoms with E-state index in [1.54, 1.807) is 24.3 Å². The highest BCUT2D eigenvalue weighted by Crippen LogP contribution is 2.34. The van der Waals surface area contributed by atoms with Crippen molar-refractivity contribution in [2.75, 3.05) is 11.9 Å². The number of nitrogens with one attached hydrogen (secondary N) is 2. The third kappa shape index (κ3) is 4.97. The number of fused-ring (bicyclic) bond motifs is 1. The van der Waals surface area contributed by atoms with E-state index in [1.807, 2.05) is 24.3 Å². The molecule has 138 valence electrons. The number of thiocarbonyl (C=S) groups is 1. The molecule has 8 heteroatoms. The van der Waals surface area contributed by atoms with Crippen molar-refractivity contribution in [1.29, 1.82) is 0 Å². The zero-order chi connectivity index (χ0) is 19.4. The molecule has 0 heterocycles. The quantitative estimate of drug-likeness (QED) is 0.342. The molecule has 0 saturated heterocycles. The van der Waals surface area contributed by atoms with Gasteiger partial charge in [-0.3, -0.25) is 10.1 Å². The van der Waals surface area contributed by atoms with E-state index in [4.69, 9.17) is 17.0 Å². The Hall–Kier alpha value is -2.16. The van der Waals surface area contributed by atoms with Crippen LogP contribution in [0.5, 0.6) is 11.5 Å². The third-order valence-electron chi connectivity index (χ3n) is 3.64. The van der Waals surface area contributed by atoms with Gasteiger partial charge in [0, 0.05) is 4.47 Å². The van der Waals surface area contributed by atoms with Crippen molar-refractivity contribution in [3.8, 4) is 11.5 Å². The van der Waals surface area contributed by atoms with E-state index in [-0.39, 0.29) is 17.5 Å². The number of carbonyl (C=O) groups excluding carboxylic acids is 1. The molecule has 0 bridgehead atoms. The number of amides is 1. The summed E-state index contributed by atoms with van der Waals surface area (Å²) in [4.78, 5) is 12.1. The van der Waals surface area contributed by atoms with Gasteiger partial charge in [0.05, 0.1) is 10.2 Å². The van der Waals surface area contributed by atoms with Crippen LogP contribution in [-0.2, 0) is 4.79 Å². The van der Waals surface area contributed by atoms with Crippen LogP contribution < -0.4 is 15.4 Å². The molecule has 0 aliphatic rings. The molecule has 3 aromatic carbocycles. The second kappa shape index (κ2) is 8.69. The number of benzene rings is 3. The van der Waals surface area contributed by atoms with Gasteiger partial charge in [-0.25, -0.2) is 0 Å². The number of aromatic hydroxyl groups is 1. The van der Waals surface area contributed by atoms with Crippen LogP contribution in [0.2, 0.25) is 0 Å². The molecule has 5 nitrogen and oxygen atoms in total. The Bertz CT molecular complexity index is 1030. The maximum atomic E-state index is 12.1. The molecule has 0 fully saturated rings. The van der Waals surface area contributed by atoms with Crippen LogP contribution in [0.25, 0.3) is 10.8 Å². The van der Waals surface area contributed by atoms with Gasteiger partial charge in [0.15, 0.2) is 11.7 Å². The molecule has 1 amide bonds. The first-order chi connectivity index (χ1) is 12.9. The summed E-state index contributed by atoms with van der Waals surface area (Å²) in [5.74, 6) is 0.183. The molecule has 0 radical (unpaired) electrons. The molecule has 0 aliphatic heterocycles. The second-order valence-corrected chi connectivity index (χ2v) is 7.67. The summed E-state index contributed by atoms with van der Waals surface area (Å²) in [6.07, 6.45) is 0. The first kappa shape index (κ1) is 19.6. The van der Waals surface area contributed by atoms with E-state index >= 15 is 0 Å². The fraction of sp³-hybridized carbons (Fsp3) is 0.0526. The molecular formula is C19H14Br2N2O3S. The van der Waals surface area contributed by atoms with Crippen LogP contribution >= 0.6 is 44.1 Å². The van der Waals surface area contributed by atoms with Gasteiger partial charge < -0.3 is 15.2 Å². The lowest BCUT2D eigenvalue weighted by atomic mass is 10.1. The Morgan fingerprint density at radius 2 is 1.89 bits per heavy atom. The Kier molecular flexibility index (Phi) is 6.30. The molecule has 0 aromatic heterocycles. The standard InChI is InChI=1S/C19H14Br2N2O3S/c20-12-6-7-13-11(9-12)5-8-16(18(13)21)26-10-17(25)23-19(27)22-14-3-1-2-4-15(14)24/h1-9,24H,10H2,(H2,22,23,25,27). The van der Waals surface area contributed by atoms with Gasteiger partial charge in [-0.05, 0) is 69.3 Å². The molecule has 3 rings (SSSR count). The minimum absolute atomic E-state index is 0.0390. The summed E-state index contributed by atoms with van der Waals surface area (Å²) >= 11 is 12.0. The van der Waals surface area contributed by atoms with E-state index < -0.39 is 5.91 Å². The number of hydrogen-bond donors (Lipinski definition) is 3. The fourth-order valence-corrected chi connectivity index (χ4v) is 3.60. The first-order valence-corrected chi connectivity index (χ1v) is 9.83. The minimum Gasteiger partial charge on any atom is -0.506 e. The number of halogens is 2. The molecular weight excluding hydrogens is 496 g/mol. The van der Waals surface area contributed by atoms with Crippen molar-refractivity contribution < 1.29 is 14.6 Å². The van der Waals surface area contributed by atoms with E-state index in [2.05, 4.69) is 42.5 Å². The molecule has 0 spiro atoms. The monoisotopic (exact) mass is 508 g/mol. The van der Waals surface area contributed by atoms with Crippen LogP contribution in [0.4, 0.5) is 5.69 Å². The molecule has 0 saturated carbocycles. The Morgan fingerprint density at radius 3 is 2.67 bits per heavy atom. The van der Waals surface area contributed by atoms with Crippen molar-refractivity contribution in [1.82, 2.24) is 5.32 Å². The smallest absolute Gasteiger partial charge is 0.264 e. The van der Waals surface area contributed by atoms with E-state index in [1.165, 1.54) is 6.07 Å². The number of ether oxygens (including phenoxy) is 1. The van der Waals surface area contributed by atoms with Crippen LogP contribution in [0.1, 0.15) is 0 Å². The van der Waals surface area contributed by atoms with E-state index in [9.17, 15) is 9.90 Å². The molecule has 27 heavy (non-hydrogen) atoms. The highest BCUT2D eigenvalue weighted by atomic mass is 79.9. The molecule has 0 aliphatic carbocycles. The van der Waals surface area contributed by atoms with E-state index in [0.717, 1.165) is 19.7 Å². The van der Waals surface area contributed by atoms with Crippen LogP contribution in [0.3, 0.4) is 0 Å². The summed E-state index contributed by atoms with van der Waals surface area (Å²) in [5.41, 5.74) is 0.409. The molecule has 0 unspecified atom stereocenters. The van der Waals surface area contributed by atoms with Gasteiger partial charge in [0.25, 0.3) is 5.91 Å². The largest absolute Gasteiger partial charge is 0.506 e. The van der Waals surface area contributed by atoms with Gasteiger partial charge in [0.1, 0.15) is 11.5 Å². The van der Waals surface area contributed by atoms with Gasteiger partial charge >= 0.3 is 0 Å². The van der Waals surface area contributed by atoms with Crippen LogP contribution in [0.15, 0.2) is 63.5 Å².